The number of carbonyl (C=O) groups is 2. The van der Waals surface area contributed by atoms with Crippen LogP contribution >= 0.6 is 11.6 Å². The third-order valence-electron chi connectivity index (χ3n) is 3.71. The molecule has 1 saturated carbocycles. The lowest BCUT2D eigenvalue weighted by molar-refractivity contribution is -0.119. The topological polar surface area (TPSA) is 90.0 Å². The van der Waals surface area contributed by atoms with Gasteiger partial charge in [-0.1, -0.05) is 17.7 Å². The quantitative estimate of drug-likeness (QED) is 0.873. The van der Waals surface area contributed by atoms with Crippen molar-refractivity contribution in [3.05, 3.63) is 46.9 Å². The standard InChI is InChI=1S/C15H14ClFN4O2/c16-10-2-1-3-11(17)14(10)8-6-9(8)15(23)19-13-4-5-21(20-13)7-12(18)22/h1-5,8-9H,6-7H2,(H2,18,22)(H,19,20,23)/t8-,9-/m1/s1. The number of nitrogens with one attached hydrogen (secondary N) is 1. The van der Waals surface area contributed by atoms with E-state index in [1.165, 1.54) is 16.8 Å². The second-order valence-corrected chi connectivity index (χ2v) is 5.85. The number of amides is 2. The Labute approximate surface area is 136 Å². The van der Waals surface area contributed by atoms with Crippen LogP contribution in [-0.4, -0.2) is 21.6 Å². The fourth-order valence-corrected chi connectivity index (χ4v) is 2.87. The number of anilines is 1. The zero-order valence-electron chi connectivity index (χ0n) is 12.0. The number of benzene rings is 1. The summed E-state index contributed by atoms with van der Waals surface area (Å²) in [6.45, 7) is -0.0627. The molecule has 1 heterocycles. The van der Waals surface area contributed by atoms with Crippen LogP contribution in [-0.2, 0) is 16.1 Å². The molecule has 0 unspecified atom stereocenters. The fourth-order valence-electron chi connectivity index (χ4n) is 2.56. The van der Waals surface area contributed by atoms with Gasteiger partial charge in [-0.25, -0.2) is 4.39 Å². The minimum Gasteiger partial charge on any atom is -0.368 e. The molecule has 0 radical (unpaired) electrons. The number of carbonyl (C=O) groups excluding carboxylic acids is 2. The molecule has 3 N–H and O–H groups in total. The molecule has 6 nitrogen and oxygen atoms in total. The van der Waals surface area contributed by atoms with Crippen molar-refractivity contribution in [2.24, 2.45) is 11.7 Å². The Bertz CT molecular complexity index is 756. The van der Waals surface area contributed by atoms with Gasteiger partial charge < -0.3 is 11.1 Å². The number of nitrogens with zero attached hydrogens (tertiary/aromatic N) is 2. The number of aromatic nitrogens is 2. The maximum atomic E-state index is 13.9. The van der Waals surface area contributed by atoms with Gasteiger partial charge in [0.25, 0.3) is 0 Å². The van der Waals surface area contributed by atoms with Crippen LogP contribution in [0.3, 0.4) is 0 Å². The first kappa shape index (κ1) is 15.5. The van der Waals surface area contributed by atoms with Gasteiger partial charge >= 0.3 is 0 Å². The Kier molecular flexibility index (Phi) is 4.04. The van der Waals surface area contributed by atoms with Gasteiger partial charge in [-0.05, 0) is 18.6 Å². The SMILES string of the molecule is NC(=O)Cn1ccc(NC(=O)[C@@H]2C[C@H]2c2c(F)cccc2Cl)n1. The van der Waals surface area contributed by atoms with Crippen LogP contribution in [0, 0.1) is 11.7 Å². The highest BCUT2D eigenvalue weighted by Crippen LogP contribution is 2.50. The molecule has 1 aromatic carbocycles. The van der Waals surface area contributed by atoms with Crippen LogP contribution in [0.5, 0.6) is 0 Å². The van der Waals surface area contributed by atoms with Crippen molar-refractivity contribution < 1.29 is 14.0 Å². The first-order chi connectivity index (χ1) is 11.0. The zero-order chi connectivity index (χ0) is 16.6. The lowest BCUT2D eigenvalue weighted by Gasteiger charge is -2.05. The van der Waals surface area contributed by atoms with Crippen molar-refractivity contribution in [3.8, 4) is 0 Å². The number of hydrogen-bond donors (Lipinski definition) is 2. The van der Waals surface area contributed by atoms with Crippen molar-refractivity contribution in [2.45, 2.75) is 18.9 Å². The number of primary amides is 1. The smallest absolute Gasteiger partial charge is 0.239 e. The molecule has 1 aliphatic rings. The van der Waals surface area contributed by atoms with Crippen molar-refractivity contribution >= 4 is 29.2 Å². The van der Waals surface area contributed by atoms with Crippen molar-refractivity contribution in [2.75, 3.05) is 5.32 Å². The van der Waals surface area contributed by atoms with E-state index in [4.69, 9.17) is 17.3 Å². The zero-order valence-corrected chi connectivity index (χ0v) is 12.8. The minimum absolute atomic E-state index is 0.0627. The number of hydrogen-bond acceptors (Lipinski definition) is 3. The predicted octanol–water partition coefficient (Wildman–Crippen LogP) is 1.90. The van der Waals surface area contributed by atoms with Gasteiger partial charge in [0.2, 0.25) is 11.8 Å². The van der Waals surface area contributed by atoms with Gasteiger partial charge in [0.15, 0.2) is 5.82 Å². The fraction of sp³-hybridized carbons (Fsp3) is 0.267. The van der Waals surface area contributed by atoms with E-state index in [9.17, 15) is 14.0 Å². The molecule has 0 spiro atoms. The van der Waals surface area contributed by atoms with Crippen molar-refractivity contribution in [1.82, 2.24) is 9.78 Å². The monoisotopic (exact) mass is 336 g/mol. The summed E-state index contributed by atoms with van der Waals surface area (Å²) in [5.74, 6) is -1.42. The first-order valence-corrected chi connectivity index (χ1v) is 7.40. The molecule has 2 amide bonds. The van der Waals surface area contributed by atoms with Gasteiger partial charge in [-0.2, -0.15) is 5.10 Å². The maximum Gasteiger partial charge on any atom is 0.239 e. The molecular formula is C15H14ClFN4O2. The molecule has 0 aliphatic heterocycles. The average molecular weight is 337 g/mol. The van der Waals surface area contributed by atoms with E-state index < -0.39 is 11.7 Å². The van der Waals surface area contributed by atoms with Crippen LogP contribution in [0.25, 0.3) is 0 Å². The van der Waals surface area contributed by atoms with E-state index in [0.29, 0.717) is 22.8 Å². The first-order valence-electron chi connectivity index (χ1n) is 7.02. The van der Waals surface area contributed by atoms with Gasteiger partial charge in [0.05, 0.1) is 0 Å². The number of rotatable bonds is 5. The van der Waals surface area contributed by atoms with E-state index in [2.05, 4.69) is 10.4 Å². The van der Waals surface area contributed by atoms with Gasteiger partial charge in [-0.15, -0.1) is 0 Å². The average Bonchev–Trinajstić information content (AvgIpc) is 3.13. The van der Waals surface area contributed by atoms with Crippen LogP contribution in [0.1, 0.15) is 17.9 Å². The Morgan fingerprint density at radius 2 is 2.22 bits per heavy atom. The second kappa shape index (κ2) is 6.00. The molecule has 3 rings (SSSR count). The Hall–Kier alpha value is -2.41. The van der Waals surface area contributed by atoms with Crippen LogP contribution in [0.4, 0.5) is 10.2 Å². The van der Waals surface area contributed by atoms with Crippen LogP contribution < -0.4 is 11.1 Å². The lowest BCUT2D eigenvalue weighted by atomic mass is 10.1. The summed E-state index contributed by atoms with van der Waals surface area (Å²) in [6.07, 6.45) is 2.08. The van der Waals surface area contributed by atoms with Crippen molar-refractivity contribution in [1.29, 1.82) is 0 Å². The van der Waals surface area contributed by atoms with Gasteiger partial charge in [-0.3, -0.25) is 14.3 Å². The summed E-state index contributed by atoms with van der Waals surface area (Å²) in [6, 6.07) is 6.04. The number of nitrogens with two attached hydrogens (primary N) is 1. The largest absolute Gasteiger partial charge is 0.368 e. The molecule has 0 saturated heterocycles. The third kappa shape index (κ3) is 3.34. The van der Waals surface area contributed by atoms with E-state index >= 15 is 0 Å². The van der Waals surface area contributed by atoms with E-state index in [0.717, 1.165) is 0 Å². The summed E-state index contributed by atoms with van der Waals surface area (Å²) in [7, 11) is 0. The highest BCUT2D eigenvalue weighted by molar-refractivity contribution is 6.31. The third-order valence-corrected chi connectivity index (χ3v) is 4.04. The summed E-state index contributed by atoms with van der Waals surface area (Å²) in [5.41, 5.74) is 5.45. The Morgan fingerprint density at radius 1 is 1.43 bits per heavy atom. The predicted molar refractivity (Wildman–Crippen MR) is 82.3 cm³/mol. The highest BCUT2D eigenvalue weighted by Gasteiger charge is 2.46. The summed E-state index contributed by atoms with van der Waals surface area (Å²) in [5, 5.41) is 6.99. The Balaban J connectivity index is 1.64. The van der Waals surface area contributed by atoms with Gasteiger partial charge in [0.1, 0.15) is 12.4 Å². The van der Waals surface area contributed by atoms with E-state index in [1.807, 2.05) is 0 Å². The molecule has 2 atom stereocenters. The number of halogens is 2. The lowest BCUT2D eigenvalue weighted by Crippen LogP contribution is -2.19. The molecule has 1 aromatic heterocycles. The maximum absolute atomic E-state index is 13.9. The molecule has 2 aromatic rings. The summed E-state index contributed by atoms with van der Waals surface area (Å²) >= 11 is 6.02. The summed E-state index contributed by atoms with van der Waals surface area (Å²) < 4.78 is 15.2. The van der Waals surface area contributed by atoms with Crippen LogP contribution in [0.2, 0.25) is 5.02 Å². The molecule has 1 aliphatic carbocycles. The summed E-state index contributed by atoms with van der Waals surface area (Å²) in [4.78, 5) is 23.0. The van der Waals surface area contributed by atoms with E-state index in [-0.39, 0.29) is 24.3 Å². The molecule has 23 heavy (non-hydrogen) atoms. The molecule has 1 fully saturated rings. The van der Waals surface area contributed by atoms with Crippen LogP contribution in [0.15, 0.2) is 30.5 Å². The molecular weight excluding hydrogens is 323 g/mol. The molecule has 8 heteroatoms. The molecule has 0 bridgehead atoms. The molecule has 120 valence electrons. The highest BCUT2D eigenvalue weighted by atomic mass is 35.5. The normalized spacial score (nSPS) is 19.4. The Morgan fingerprint density at radius 3 is 2.91 bits per heavy atom. The second-order valence-electron chi connectivity index (χ2n) is 5.44. The van der Waals surface area contributed by atoms with E-state index in [1.54, 1.807) is 18.3 Å². The van der Waals surface area contributed by atoms with Crippen molar-refractivity contribution in [3.63, 3.8) is 0 Å². The minimum atomic E-state index is -0.526. The van der Waals surface area contributed by atoms with Gasteiger partial charge in [0, 0.05) is 34.7 Å².